The molecule has 15 heavy (non-hydrogen) atoms. The molecule has 0 saturated heterocycles. The molecule has 2 rings (SSSR count). The van der Waals surface area contributed by atoms with Crippen molar-refractivity contribution in [2.75, 3.05) is 0 Å². The van der Waals surface area contributed by atoms with Gasteiger partial charge in [0.15, 0.2) is 0 Å². The number of carbonyl (C=O) groups excluding carboxylic acids is 1. The van der Waals surface area contributed by atoms with Crippen molar-refractivity contribution in [3.8, 4) is 0 Å². The summed E-state index contributed by atoms with van der Waals surface area (Å²) in [5.74, 6) is -0.0682. The molecule has 0 bridgehead atoms. The number of hydrogen-bond donors (Lipinski definition) is 1. The van der Waals surface area contributed by atoms with Crippen molar-refractivity contribution in [2.24, 2.45) is 0 Å². The lowest BCUT2D eigenvalue weighted by Gasteiger charge is -2.02. The maximum atomic E-state index is 11.5. The number of thiazole rings is 1. The van der Waals surface area contributed by atoms with Crippen molar-refractivity contribution in [1.82, 2.24) is 10.3 Å². The lowest BCUT2D eigenvalue weighted by atomic mass is 10.2. The van der Waals surface area contributed by atoms with Gasteiger partial charge in [-0.15, -0.1) is 11.3 Å². The highest BCUT2D eigenvalue weighted by atomic mass is 32.1. The molecule has 1 amide bonds. The maximum Gasteiger partial charge on any atom is 0.263 e. The predicted octanol–water partition coefficient (Wildman–Crippen LogP) is 2.07. The second-order valence-electron chi connectivity index (χ2n) is 3.03. The molecule has 1 heterocycles. The second kappa shape index (κ2) is 4.70. The van der Waals surface area contributed by atoms with E-state index in [2.05, 4.69) is 10.3 Å². The number of aromatic nitrogens is 1. The van der Waals surface area contributed by atoms with Crippen LogP contribution in [0, 0.1) is 0 Å². The summed E-state index contributed by atoms with van der Waals surface area (Å²) in [4.78, 5) is 16.0. The minimum atomic E-state index is -0.0682. The Morgan fingerprint density at radius 3 is 2.80 bits per heavy atom. The minimum absolute atomic E-state index is 0.0682. The number of rotatable bonds is 3. The van der Waals surface area contributed by atoms with Crippen LogP contribution in [0.5, 0.6) is 0 Å². The van der Waals surface area contributed by atoms with Gasteiger partial charge in [0.05, 0.1) is 11.7 Å². The SMILES string of the molecule is O=C(NCc1ccccc1)c1cncs1. The zero-order chi connectivity index (χ0) is 10.5. The van der Waals surface area contributed by atoms with E-state index in [1.165, 1.54) is 11.3 Å². The van der Waals surface area contributed by atoms with Gasteiger partial charge < -0.3 is 5.32 Å². The van der Waals surface area contributed by atoms with Crippen molar-refractivity contribution in [2.45, 2.75) is 6.54 Å². The first-order chi connectivity index (χ1) is 7.36. The number of benzene rings is 1. The molecule has 1 aromatic heterocycles. The Morgan fingerprint density at radius 1 is 1.33 bits per heavy atom. The first kappa shape index (κ1) is 9.86. The molecule has 0 aliphatic rings. The molecular weight excluding hydrogens is 208 g/mol. The molecule has 0 unspecified atom stereocenters. The van der Waals surface area contributed by atoms with Crippen molar-refractivity contribution in [3.63, 3.8) is 0 Å². The number of carbonyl (C=O) groups is 1. The average molecular weight is 218 g/mol. The molecule has 0 radical (unpaired) electrons. The Kier molecular flexibility index (Phi) is 3.09. The topological polar surface area (TPSA) is 42.0 Å². The highest BCUT2D eigenvalue weighted by Gasteiger charge is 2.05. The van der Waals surface area contributed by atoms with E-state index in [0.717, 1.165) is 5.56 Å². The summed E-state index contributed by atoms with van der Waals surface area (Å²) in [6, 6.07) is 9.82. The van der Waals surface area contributed by atoms with Gasteiger partial charge in [0.1, 0.15) is 4.88 Å². The molecule has 0 aliphatic heterocycles. The van der Waals surface area contributed by atoms with E-state index in [4.69, 9.17) is 0 Å². The minimum Gasteiger partial charge on any atom is -0.347 e. The van der Waals surface area contributed by atoms with Crippen LogP contribution in [0.2, 0.25) is 0 Å². The summed E-state index contributed by atoms with van der Waals surface area (Å²) in [5, 5.41) is 2.83. The lowest BCUT2D eigenvalue weighted by molar-refractivity contribution is 0.0955. The third kappa shape index (κ3) is 2.63. The number of nitrogens with one attached hydrogen (secondary N) is 1. The normalized spacial score (nSPS) is 9.87. The molecule has 0 spiro atoms. The van der Waals surface area contributed by atoms with Gasteiger partial charge in [-0.1, -0.05) is 30.3 Å². The number of amides is 1. The van der Waals surface area contributed by atoms with Crippen LogP contribution < -0.4 is 5.32 Å². The summed E-state index contributed by atoms with van der Waals surface area (Å²) in [7, 11) is 0. The molecule has 0 aliphatic carbocycles. The van der Waals surface area contributed by atoms with E-state index in [1.807, 2.05) is 30.3 Å². The fraction of sp³-hybridized carbons (Fsp3) is 0.0909. The van der Waals surface area contributed by atoms with Gasteiger partial charge in [-0.05, 0) is 5.56 Å². The van der Waals surface area contributed by atoms with E-state index in [0.29, 0.717) is 11.4 Å². The smallest absolute Gasteiger partial charge is 0.263 e. The predicted molar refractivity (Wildman–Crippen MR) is 59.7 cm³/mol. The fourth-order valence-corrected chi connectivity index (χ4v) is 1.73. The first-order valence-electron chi connectivity index (χ1n) is 4.57. The summed E-state index contributed by atoms with van der Waals surface area (Å²) in [5.41, 5.74) is 2.74. The molecule has 1 aromatic carbocycles. The molecule has 3 nitrogen and oxygen atoms in total. The van der Waals surface area contributed by atoms with Gasteiger partial charge in [0, 0.05) is 6.54 Å². The van der Waals surface area contributed by atoms with Crippen LogP contribution in [0.4, 0.5) is 0 Å². The van der Waals surface area contributed by atoms with Crippen LogP contribution in [-0.4, -0.2) is 10.9 Å². The second-order valence-corrected chi connectivity index (χ2v) is 3.92. The van der Waals surface area contributed by atoms with Gasteiger partial charge in [-0.2, -0.15) is 0 Å². The fourth-order valence-electron chi connectivity index (χ4n) is 1.19. The van der Waals surface area contributed by atoms with Crippen LogP contribution in [0.1, 0.15) is 15.2 Å². The van der Waals surface area contributed by atoms with E-state index in [-0.39, 0.29) is 5.91 Å². The van der Waals surface area contributed by atoms with Crippen LogP contribution in [0.3, 0.4) is 0 Å². The van der Waals surface area contributed by atoms with E-state index >= 15 is 0 Å². The van der Waals surface area contributed by atoms with Gasteiger partial charge in [-0.25, -0.2) is 0 Å². The highest BCUT2D eigenvalue weighted by Crippen LogP contribution is 2.05. The van der Waals surface area contributed by atoms with Crippen LogP contribution in [-0.2, 0) is 6.54 Å². The Labute approximate surface area is 91.8 Å². The third-order valence-electron chi connectivity index (χ3n) is 1.95. The van der Waals surface area contributed by atoms with Crippen LogP contribution >= 0.6 is 11.3 Å². The Bertz CT molecular complexity index is 425. The molecule has 0 fully saturated rings. The van der Waals surface area contributed by atoms with Gasteiger partial charge in [0.25, 0.3) is 5.91 Å². The zero-order valence-electron chi connectivity index (χ0n) is 8.01. The maximum absolute atomic E-state index is 11.5. The Hall–Kier alpha value is -1.68. The Morgan fingerprint density at radius 2 is 2.13 bits per heavy atom. The van der Waals surface area contributed by atoms with E-state index < -0.39 is 0 Å². The summed E-state index contributed by atoms with van der Waals surface area (Å²) < 4.78 is 0. The number of hydrogen-bond acceptors (Lipinski definition) is 3. The number of nitrogens with zero attached hydrogens (tertiary/aromatic N) is 1. The zero-order valence-corrected chi connectivity index (χ0v) is 8.83. The van der Waals surface area contributed by atoms with E-state index in [9.17, 15) is 4.79 Å². The van der Waals surface area contributed by atoms with Gasteiger partial charge in [0.2, 0.25) is 0 Å². The average Bonchev–Trinajstić information content (AvgIpc) is 2.81. The lowest BCUT2D eigenvalue weighted by Crippen LogP contribution is -2.21. The van der Waals surface area contributed by atoms with Crippen molar-refractivity contribution >= 4 is 17.2 Å². The molecule has 2 aromatic rings. The van der Waals surface area contributed by atoms with Crippen molar-refractivity contribution in [1.29, 1.82) is 0 Å². The Balaban J connectivity index is 1.92. The molecule has 4 heteroatoms. The highest BCUT2D eigenvalue weighted by molar-refractivity contribution is 7.11. The van der Waals surface area contributed by atoms with Crippen molar-refractivity contribution in [3.05, 3.63) is 52.5 Å². The quantitative estimate of drug-likeness (QED) is 0.857. The first-order valence-corrected chi connectivity index (χ1v) is 5.45. The largest absolute Gasteiger partial charge is 0.347 e. The van der Waals surface area contributed by atoms with E-state index in [1.54, 1.807) is 11.7 Å². The molecule has 76 valence electrons. The molecule has 0 atom stereocenters. The molecule has 0 saturated carbocycles. The third-order valence-corrected chi connectivity index (χ3v) is 2.72. The summed E-state index contributed by atoms with van der Waals surface area (Å²) in [6.45, 7) is 0.553. The summed E-state index contributed by atoms with van der Waals surface area (Å²) in [6.07, 6.45) is 1.57. The molecule has 1 N–H and O–H groups in total. The summed E-state index contributed by atoms with van der Waals surface area (Å²) >= 11 is 1.34. The molecular formula is C11H10N2OS. The monoisotopic (exact) mass is 218 g/mol. The standard InChI is InChI=1S/C11H10N2OS/c14-11(10-7-12-8-15-10)13-6-9-4-2-1-3-5-9/h1-5,7-8H,6H2,(H,13,14). The van der Waals surface area contributed by atoms with Crippen LogP contribution in [0.25, 0.3) is 0 Å². The van der Waals surface area contributed by atoms with Crippen LogP contribution in [0.15, 0.2) is 42.0 Å². The van der Waals surface area contributed by atoms with Crippen molar-refractivity contribution < 1.29 is 4.79 Å². The van der Waals surface area contributed by atoms with Gasteiger partial charge >= 0.3 is 0 Å². The van der Waals surface area contributed by atoms with Gasteiger partial charge in [-0.3, -0.25) is 9.78 Å².